The van der Waals surface area contributed by atoms with Crippen LogP contribution in [0.15, 0.2) is 36.9 Å². The van der Waals surface area contributed by atoms with Gasteiger partial charge in [-0.25, -0.2) is 0 Å². The van der Waals surface area contributed by atoms with Crippen LogP contribution < -0.4 is 16.0 Å². The molecule has 0 fully saturated rings. The minimum Gasteiger partial charge on any atom is -0.349 e. The molecule has 0 bridgehead atoms. The van der Waals surface area contributed by atoms with Crippen molar-refractivity contribution in [1.82, 2.24) is 10.6 Å². The largest absolute Gasteiger partial charge is 0.349 e. The zero-order valence-corrected chi connectivity index (χ0v) is 16.9. The predicted molar refractivity (Wildman–Crippen MR) is 113 cm³/mol. The Hall–Kier alpha value is -2.63. The fraction of sp³-hybridized carbons (Fsp3) is 0.500. The van der Waals surface area contributed by atoms with Gasteiger partial charge in [-0.3, -0.25) is 14.4 Å². The van der Waals surface area contributed by atoms with Crippen LogP contribution in [0.4, 0.5) is 5.69 Å². The fourth-order valence-electron chi connectivity index (χ4n) is 2.77. The lowest BCUT2D eigenvalue weighted by Gasteiger charge is -2.11. The Bertz CT molecular complexity index is 644. The first-order chi connectivity index (χ1) is 13.6. The highest BCUT2D eigenvalue weighted by molar-refractivity contribution is 6.40. The summed E-state index contributed by atoms with van der Waals surface area (Å²) in [7, 11) is 0. The lowest BCUT2D eigenvalue weighted by Crippen LogP contribution is -2.36. The molecule has 6 nitrogen and oxygen atoms in total. The van der Waals surface area contributed by atoms with Crippen molar-refractivity contribution < 1.29 is 14.4 Å². The van der Waals surface area contributed by atoms with Crippen LogP contribution in [0.1, 0.15) is 68.6 Å². The van der Waals surface area contributed by atoms with Crippen LogP contribution in [0.25, 0.3) is 0 Å². The maximum Gasteiger partial charge on any atom is 0.313 e. The minimum absolute atomic E-state index is 0.300. The number of rotatable bonds is 13. The van der Waals surface area contributed by atoms with Crippen LogP contribution in [-0.4, -0.2) is 30.8 Å². The predicted octanol–water partition coefficient (Wildman–Crippen LogP) is 3.80. The van der Waals surface area contributed by atoms with E-state index in [1.54, 1.807) is 30.3 Å². The molecule has 0 unspecified atom stereocenters. The molecular weight excluding hydrogens is 354 g/mol. The molecule has 0 spiro atoms. The Morgan fingerprint density at radius 2 is 1.54 bits per heavy atom. The van der Waals surface area contributed by atoms with Gasteiger partial charge in [0.25, 0.3) is 5.91 Å². The number of carbonyl (C=O) groups excluding carboxylic acids is 3. The van der Waals surface area contributed by atoms with Crippen LogP contribution in [0.3, 0.4) is 0 Å². The van der Waals surface area contributed by atoms with E-state index in [1.165, 1.54) is 32.1 Å². The summed E-state index contributed by atoms with van der Waals surface area (Å²) in [6.45, 7) is 6.54. The van der Waals surface area contributed by atoms with Gasteiger partial charge < -0.3 is 16.0 Å². The molecule has 0 saturated carbocycles. The Labute approximate surface area is 168 Å². The monoisotopic (exact) mass is 387 g/mol. The number of anilines is 1. The molecule has 1 rings (SSSR count). The number of para-hydroxylation sites is 1. The highest BCUT2D eigenvalue weighted by atomic mass is 16.2. The van der Waals surface area contributed by atoms with Gasteiger partial charge in [0.2, 0.25) is 0 Å². The molecule has 0 aliphatic carbocycles. The summed E-state index contributed by atoms with van der Waals surface area (Å²) in [5, 5.41) is 7.80. The SMILES string of the molecule is C=CCNC(=O)c1ccccc1NC(=O)C(=O)NCCCCCCCCCC. The van der Waals surface area contributed by atoms with E-state index in [0.717, 1.165) is 19.3 Å². The van der Waals surface area contributed by atoms with Crippen LogP contribution in [0, 0.1) is 0 Å². The summed E-state index contributed by atoms with van der Waals surface area (Å²) in [5.74, 6) is -1.80. The summed E-state index contributed by atoms with van der Waals surface area (Å²) in [5.41, 5.74) is 0.602. The van der Waals surface area contributed by atoms with Crippen LogP contribution in [0.5, 0.6) is 0 Å². The van der Waals surface area contributed by atoms with E-state index in [4.69, 9.17) is 0 Å². The van der Waals surface area contributed by atoms with Crippen molar-refractivity contribution in [2.75, 3.05) is 18.4 Å². The van der Waals surface area contributed by atoms with Crippen LogP contribution >= 0.6 is 0 Å². The van der Waals surface area contributed by atoms with Gasteiger partial charge in [0, 0.05) is 13.1 Å². The van der Waals surface area contributed by atoms with Gasteiger partial charge in [0.15, 0.2) is 0 Å². The summed E-state index contributed by atoms with van der Waals surface area (Å²) in [4.78, 5) is 36.2. The van der Waals surface area contributed by atoms with Crippen molar-refractivity contribution in [2.24, 2.45) is 0 Å². The molecule has 1 aromatic carbocycles. The van der Waals surface area contributed by atoms with Crippen molar-refractivity contribution in [3.63, 3.8) is 0 Å². The molecule has 3 amide bonds. The van der Waals surface area contributed by atoms with Crippen LogP contribution in [-0.2, 0) is 9.59 Å². The number of amides is 3. The van der Waals surface area contributed by atoms with Gasteiger partial charge in [0.1, 0.15) is 0 Å². The highest BCUT2D eigenvalue weighted by Gasteiger charge is 2.17. The first kappa shape index (κ1) is 23.4. The number of unbranched alkanes of at least 4 members (excludes halogenated alkanes) is 7. The average molecular weight is 388 g/mol. The third-order valence-corrected chi connectivity index (χ3v) is 4.35. The fourth-order valence-corrected chi connectivity index (χ4v) is 2.77. The third kappa shape index (κ3) is 9.35. The van der Waals surface area contributed by atoms with Crippen LogP contribution in [0.2, 0.25) is 0 Å². The zero-order chi connectivity index (χ0) is 20.6. The van der Waals surface area contributed by atoms with E-state index >= 15 is 0 Å². The quantitative estimate of drug-likeness (QED) is 0.273. The molecular formula is C22H33N3O3. The van der Waals surface area contributed by atoms with Gasteiger partial charge in [-0.2, -0.15) is 0 Å². The number of benzene rings is 1. The van der Waals surface area contributed by atoms with E-state index < -0.39 is 11.8 Å². The molecule has 28 heavy (non-hydrogen) atoms. The average Bonchev–Trinajstić information content (AvgIpc) is 2.71. The number of nitrogens with one attached hydrogen (secondary N) is 3. The number of carbonyl (C=O) groups is 3. The first-order valence-electron chi connectivity index (χ1n) is 10.2. The molecule has 3 N–H and O–H groups in total. The van der Waals surface area contributed by atoms with Crippen molar-refractivity contribution >= 4 is 23.4 Å². The Morgan fingerprint density at radius 3 is 2.21 bits per heavy atom. The van der Waals surface area contributed by atoms with Gasteiger partial charge in [0.05, 0.1) is 11.3 Å². The second kappa shape index (κ2) is 14.4. The summed E-state index contributed by atoms with van der Waals surface area (Å²) >= 11 is 0. The van der Waals surface area contributed by atoms with Gasteiger partial charge in [-0.05, 0) is 18.6 Å². The second-order valence-electron chi connectivity index (χ2n) is 6.73. The van der Waals surface area contributed by atoms with E-state index in [9.17, 15) is 14.4 Å². The van der Waals surface area contributed by atoms with Crippen molar-refractivity contribution in [3.05, 3.63) is 42.5 Å². The molecule has 6 heteroatoms. The standard InChI is InChI=1S/C22H33N3O3/c1-3-5-6-7-8-9-10-13-17-24-21(27)22(28)25-19-15-12-11-14-18(19)20(26)23-16-4-2/h4,11-12,14-15H,2-3,5-10,13,16-17H2,1H3,(H,23,26)(H,24,27)(H,25,28). The normalized spacial score (nSPS) is 10.2. The number of hydrogen-bond acceptors (Lipinski definition) is 3. The topological polar surface area (TPSA) is 87.3 Å². The van der Waals surface area contributed by atoms with E-state index in [0.29, 0.717) is 24.3 Å². The third-order valence-electron chi connectivity index (χ3n) is 4.35. The highest BCUT2D eigenvalue weighted by Crippen LogP contribution is 2.14. The number of hydrogen-bond donors (Lipinski definition) is 3. The Kier molecular flexibility index (Phi) is 12.1. The second-order valence-corrected chi connectivity index (χ2v) is 6.73. The molecule has 1 aromatic rings. The maximum atomic E-state index is 12.1. The molecule has 0 atom stereocenters. The molecule has 0 heterocycles. The molecule has 0 aliphatic heterocycles. The smallest absolute Gasteiger partial charge is 0.313 e. The zero-order valence-electron chi connectivity index (χ0n) is 16.9. The van der Waals surface area contributed by atoms with Gasteiger partial charge in [-0.15, -0.1) is 6.58 Å². The summed E-state index contributed by atoms with van der Waals surface area (Å²) in [6, 6.07) is 6.57. The summed E-state index contributed by atoms with van der Waals surface area (Å²) < 4.78 is 0. The van der Waals surface area contributed by atoms with Gasteiger partial charge >= 0.3 is 11.8 Å². The van der Waals surface area contributed by atoms with E-state index in [1.807, 2.05) is 0 Å². The molecule has 0 aliphatic rings. The Morgan fingerprint density at radius 1 is 0.893 bits per heavy atom. The minimum atomic E-state index is -0.775. The van der Waals surface area contributed by atoms with E-state index in [2.05, 4.69) is 29.5 Å². The van der Waals surface area contributed by atoms with Crippen molar-refractivity contribution in [1.29, 1.82) is 0 Å². The van der Waals surface area contributed by atoms with Crippen molar-refractivity contribution in [2.45, 2.75) is 58.3 Å². The summed E-state index contributed by atoms with van der Waals surface area (Å²) in [6.07, 6.45) is 10.9. The van der Waals surface area contributed by atoms with E-state index in [-0.39, 0.29) is 5.91 Å². The maximum absolute atomic E-state index is 12.1. The van der Waals surface area contributed by atoms with Crippen molar-refractivity contribution in [3.8, 4) is 0 Å². The first-order valence-corrected chi connectivity index (χ1v) is 10.2. The lowest BCUT2D eigenvalue weighted by atomic mass is 10.1. The molecule has 0 saturated heterocycles. The lowest BCUT2D eigenvalue weighted by molar-refractivity contribution is -0.136. The Balaban J connectivity index is 2.34. The van der Waals surface area contributed by atoms with Gasteiger partial charge in [-0.1, -0.05) is 70.1 Å². The molecule has 0 radical (unpaired) electrons. The molecule has 0 aromatic heterocycles. The molecule has 154 valence electrons.